The smallest absolute Gasteiger partial charge is 0.222 e. The number of carbonyl (C=O) groups is 1. The van der Waals surface area contributed by atoms with Crippen molar-refractivity contribution in [1.82, 2.24) is 4.98 Å². The standard InChI is InChI=1S/C15H17NO3/c1-3-18-15(19-4-2)14(17)12-7-5-6-11-8-9-16-10-13(11)12/h5-10,15H,3-4H2,1-2H3. The second-order valence-electron chi connectivity index (χ2n) is 4.01. The van der Waals surface area contributed by atoms with Crippen molar-refractivity contribution in [2.75, 3.05) is 13.2 Å². The van der Waals surface area contributed by atoms with Crippen LogP contribution in [-0.4, -0.2) is 30.3 Å². The van der Waals surface area contributed by atoms with Gasteiger partial charge in [-0.1, -0.05) is 18.2 Å². The zero-order valence-corrected chi connectivity index (χ0v) is 11.1. The lowest BCUT2D eigenvalue weighted by atomic mass is 10.0. The number of fused-ring (bicyclic) bond motifs is 1. The third-order valence-corrected chi connectivity index (χ3v) is 2.80. The summed E-state index contributed by atoms with van der Waals surface area (Å²) in [5, 5.41) is 1.80. The monoisotopic (exact) mass is 259 g/mol. The van der Waals surface area contributed by atoms with Crippen molar-refractivity contribution >= 4 is 16.6 Å². The average molecular weight is 259 g/mol. The van der Waals surface area contributed by atoms with E-state index in [0.717, 1.165) is 10.8 Å². The zero-order valence-electron chi connectivity index (χ0n) is 11.1. The highest BCUT2D eigenvalue weighted by Crippen LogP contribution is 2.20. The summed E-state index contributed by atoms with van der Waals surface area (Å²) >= 11 is 0. The highest BCUT2D eigenvalue weighted by molar-refractivity contribution is 6.09. The van der Waals surface area contributed by atoms with E-state index < -0.39 is 6.29 Å². The Kier molecular flexibility index (Phi) is 4.60. The molecule has 0 radical (unpaired) electrons. The molecule has 0 atom stereocenters. The van der Waals surface area contributed by atoms with Gasteiger partial charge in [0.25, 0.3) is 0 Å². The van der Waals surface area contributed by atoms with E-state index in [4.69, 9.17) is 9.47 Å². The van der Waals surface area contributed by atoms with E-state index in [2.05, 4.69) is 4.98 Å². The summed E-state index contributed by atoms with van der Waals surface area (Å²) < 4.78 is 10.7. The van der Waals surface area contributed by atoms with E-state index in [0.29, 0.717) is 18.8 Å². The largest absolute Gasteiger partial charge is 0.346 e. The Morgan fingerprint density at radius 3 is 2.63 bits per heavy atom. The highest BCUT2D eigenvalue weighted by Gasteiger charge is 2.22. The predicted octanol–water partition coefficient (Wildman–Crippen LogP) is 2.82. The van der Waals surface area contributed by atoms with Crippen molar-refractivity contribution in [1.29, 1.82) is 0 Å². The van der Waals surface area contributed by atoms with Crippen molar-refractivity contribution in [3.05, 3.63) is 42.2 Å². The first-order valence-corrected chi connectivity index (χ1v) is 6.38. The number of hydrogen-bond acceptors (Lipinski definition) is 4. The Morgan fingerprint density at radius 1 is 1.21 bits per heavy atom. The van der Waals surface area contributed by atoms with Crippen LogP contribution >= 0.6 is 0 Å². The Hall–Kier alpha value is -1.78. The lowest BCUT2D eigenvalue weighted by Gasteiger charge is -2.16. The summed E-state index contributed by atoms with van der Waals surface area (Å²) in [5.74, 6) is -0.165. The Labute approximate surface area is 112 Å². The molecule has 1 aromatic heterocycles. The molecule has 0 saturated heterocycles. The summed E-state index contributed by atoms with van der Waals surface area (Å²) in [7, 11) is 0. The van der Waals surface area contributed by atoms with E-state index in [1.807, 2.05) is 32.0 Å². The zero-order chi connectivity index (χ0) is 13.7. The van der Waals surface area contributed by atoms with E-state index in [1.165, 1.54) is 0 Å². The molecule has 0 N–H and O–H groups in total. The molecule has 1 aromatic carbocycles. The van der Waals surface area contributed by atoms with Crippen LogP contribution in [-0.2, 0) is 9.47 Å². The van der Waals surface area contributed by atoms with Crippen molar-refractivity contribution in [3.63, 3.8) is 0 Å². The molecule has 1 heterocycles. The lowest BCUT2D eigenvalue weighted by Crippen LogP contribution is -2.28. The fourth-order valence-electron chi connectivity index (χ4n) is 1.96. The quantitative estimate of drug-likeness (QED) is 0.591. The van der Waals surface area contributed by atoms with Gasteiger partial charge < -0.3 is 9.47 Å². The fourth-order valence-corrected chi connectivity index (χ4v) is 1.96. The van der Waals surface area contributed by atoms with E-state index in [1.54, 1.807) is 18.5 Å². The van der Waals surface area contributed by atoms with Crippen LogP contribution in [0.1, 0.15) is 24.2 Å². The molecule has 4 heteroatoms. The Bertz CT molecular complexity index is 557. The van der Waals surface area contributed by atoms with Gasteiger partial charge in [0.05, 0.1) is 0 Å². The summed E-state index contributed by atoms with van der Waals surface area (Å²) in [4.78, 5) is 16.5. The van der Waals surface area contributed by atoms with Crippen LogP contribution in [0.25, 0.3) is 10.8 Å². The topological polar surface area (TPSA) is 48.4 Å². The number of carbonyl (C=O) groups excluding carboxylic acids is 1. The number of ketones is 1. The normalized spacial score (nSPS) is 11.1. The second-order valence-corrected chi connectivity index (χ2v) is 4.01. The molecule has 2 rings (SSSR count). The van der Waals surface area contributed by atoms with Crippen LogP contribution < -0.4 is 0 Å². The molecule has 4 nitrogen and oxygen atoms in total. The molecule has 0 aliphatic rings. The molecular formula is C15H17NO3. The van der Waals surface area contributed by atoms with Crippen molar-refractivity contribution in [3.8, 4) is 0 Å². The van der Waals surface area contributed by atoms with E-state index in [-0.39, 0.29) is 5.78 Å². The van der Waals surface area contributed by atoms with Crippen molar-refractivity contribution in [2.45, 2.75) is 20.1 Å². The maximum Gasteiger partial charge on any atom is 0.222 e. The number of hydrogen-bond donors (Lipinski definition) is 0. The molecule has 100 valence electrons. The maximum absolute atomic E-state index is 12.5. The predicted molar refractivity (Wildman–Crippen MR) is 73.1 cm³/mol. The first-order chi connectivity index (χ1) is 9.27. The summed E-state index contributed by atoms with van der Waals surface area (Å²) in [6.07, 6.45) is 2.55. The van der Waals surface area contributed by atoms with Gasteiger partial charge in [-0.25, -0.2) is 0 Å². The average Bonchev–Trinajstić information content (AvgIpc) is 2.46. The molecule has 0 aliphatic heterocycles. The summed E-state index contributed by atoms with van der Waals surface area (Å²) in [6.45, 7) is 4.53. The maximum atomic E-state index is 12.5. The summed E-state index contributed by atoms with van der Waals surface area (Å²) in [6, 6.07) is 7.45. The molecule has 2 aromatic rings. The van der Waals surface area contributed by atoms with Gasteiger partial charge in [-0.05, 0) is 25.3 Å². The van der Waals surface area contributed by atoms with Crippen LogP contribution in [0.5, 0.6) is 0 Å². The number of aromatic nitrogens is 1. The third kappa shape index (κ3) is 2.97. The van der Waals surface area contributed by atoms with Gasteiger partial charge in [0.1, 0.15) is 0 Å². The molecule has 0 unspecified atom stereocenters. The fraction of sp³-hybridized carbons (Fsp3) is 0.333. The molecule has 0 amide bonds. The number of ether oxygens (including phenoxy) is 2. The van der Waals surface area contributed by atoms with Gasteiger partial charge in [-0.15, -0.1) is 0 Å². The minimum absolute atomic E-state index is 0.165. The van der Waals surface area contributed by atoms with Crippen LogP contribution in [0.15, 0.2) is 36.7 Å². The highest BCUT2D eigenvalue weighted by atomic mass is 16.7. The SMILES string of the molecule is CCOC(OCC)C(=O)c1cccc2ccncc12. The van der Waals surface area contributed by atoms with Crippen LogP contribution in [0.2, 0.25) is 0 Å². The number of pyridine rings is 1. The Morgan fingerprint density at radius 2 is 1.95 bits per heavy atom. The van der Waals surface area contributed by atoms with Gasteiger partial charge >= 0.3 is 0 Å². The first-order valence-electron chi connectivity index (χ1n) is 6.38. The molecule has 0 bridgehead atoms. The molecule has 0 spiro atoms. The minimum Gasteiger partial charge on any atom is -0.346 e. The van der Waals surface area contributed by atoms with Gasteiger partial charge in [-0.2, -0.15) is 0 Å². The number of benzene rings is 1. The summed E-state index contributed by atoms with van der Waals surface area (Å²) in [5.41, 5.74) is 0.581. The Balaban J connectivity index is 2.39. The van der Waals surface area contributed by atoms with E-state index >= 15 is 0 Å². The van der Waals surface area contributed by atoms with Crippen molar-refractivity contribution in [2.24, 2.45) is 0 Å². The van der Waals surface area contributed by atoms with Gasteiger partial charge in [-0.3, -0.25) is 9.78 Å². The lowest BCUT2D eigenvalue weighted by molar-refractivity contribution is -0.107. The van der Waals surface area contributed by atoms with Crippen LogP contribution in [0.3, 0.4) is 0 Å². The minimum atomic E-state index is -0.846. The number of Topliss-reactive ketones (excluding diaryl/α,β-unsaturated/α-hetero) is 1. The second kappa shape index (κ2) is 6.41. The van der Waals surface area contributed by atoms with Gasteiger partial charge in [0, 0.05) is 36.6 Å². The third-order valence-electron chi connectivity index (χ3n) is 2.80. The molecule has 19 heavy (non-hydrogen) atoms. The van der Waals surface area contributed by atoms with Gasteiger partial charge in [0.15, 0.2) is 0 Å². The van der Waals surface area contributed by atoms with Crippen LogP contribution in [0.4, 0.5) is 0 Å². The molecular weight excluding hydrogens is 242 g/mol. The van der Waals surface area contributed by atoms with Crippen molar-refractivity contribution < 1.29 is 14.3 Å². The molecule has 0 aliphatic carbocycles. The van der Waals surface area contributed by atoms with Gasteiger partial charge in [0.2, 0.25) is 12.1 Å². The van der Waals surface area contributed by atoms with Crippen LogP contribution in [0, 0.1) is 0 Å². The first kappa shape index (κ1) is 13.6. The van der Waals surface area contributed by atoms with E-state index in [9.17, 15) is 4.79 Å². The molecule has 0 saturated carbocycles. The number of nitrogens with zero attached hydrogens (tertiary/aromatic N) is 1. The number of rotatable bonds is 6. The molecule has 0 fully saturated rings.